The van der Waals surface area contributed by atoms with E-state index in [1.807, 2.05) is 30.3 Å². The van der Waals surface area contributed by atoms with Crippen molar-refractivity contribution >= 4 is 23.0 Å². The summed E-state index contributed by atoms with van der Waals surface area (Å²) in [5.74, 6) is 2.25. The van der Waals surface area contributed by atoms with E-state index in [1.165, 1.54) is 0 Å². The molecule has 2 aromatic rings. The van der Waals surface area contributed by atoms with Gasteiger partial charge in [0.1, 0.15) is 17.2 Å². The van der Waals surface area contributed by atoms with E-state index < -0.39 is 0 Å². The Hall–Kier alpha value is -2.55. The number of hydrogen-bond donors (Lipinski definition) is 1. The maximum atomic E-state index is 5.80. The van der Waals surface area contributed by atoms with Crippen LogP contribution in [0.15, 0.2) is 42.5 Å². The highest BCUT2D eigenvalue weighted by atomic mass is 32.1. The number of rotatable bonds is 9. The van der Waals surface area contributed by atoms with Crippen LogP contribution in [0.4, 0.5) is 5.69 Å². The van der Waals surface area contributed by atoms with Gasteiger partial charge in [-0.05, 0) is 42.0 Å². The highest BCUT2D eigenvalue weighted by Gasteiger charge is 2.17. The Morgan fingerprint density at radius 2 is 1.68 bits per heavy atom. The minimum absolute atomic E-state index is 0.646. The molecule has 1 aliphatic heterocycles. The monoisotopic (exact) mass is 445 g/mol. The van der Waals surface area contributed by atoms with Crippen molar-refractivity contribution in [2.45, 2.75) is 6.54 Å². The fourth-order valence-corrected chi connectivity index (χ4v) is 3.65. The van der Waals surface area contributed by atoms with Crippen LogP contribution in [0.1, 0.15) is 5.56 Å². The van der Waals surface area contributed by atoms with Gasteiger partial charge < -0.3 is 29.2 Å². The van der Waals surface area contributed by atoms with E-state index in [9.17, 15) is 0 Å². The minimum Gasteiger partial charge on any atom is -0.497 e. The number of nitrogens with one attached hydrogen (secondary N) is 1. The summed E-state index contributed by atoms with van der Waals surface area (Å²) in [6, 6.07) is 13.7. The summed E-state index contributed by atoms with van der Waals surface area (Å²) in [7, 11) is 4.94. The van der Waals surface area contributed by atoms with Gasteiger partial charge in [-0.25, -0.2) is 0 Å². The van der Waals surface area contributed by atoms with Crippen molar-refractivity contribution in [3.05, 3.63) is 48.0 Å². The minimum atomic E-state index is 0.646. The molecule has 1 aliphatic rings. The molecule has 8 heteroatoms. The zero-order valence-electron chi connectivity index (χ0n) is 18.4. The SMILES string of the molecule is COc1ccc(CN(CCN2CCOCC2)C(=S)Nc2ccc(OC)cc2OC)cc1. The van der Waals surface area contributed by atoms with Gasteiger partial charge in [-0.3, -0.25) is 4.90 Å². The van der Waals surface area contributed by atoms with Crippen LogP contribution in [0.25, 0.3) is 0 Å². The smallest absolute Gasteiger partial charge is 0.173 e. The molecule has 0 atom stereocenters. The number of methoxy groups -OCH3 is 3. The van der Waals surface area contributed by atoms with E-state index in [0.29, 0.717) is 17.4 Å². The second-order valence-corrected chi connectivity index (χ2v) is 7.61. The Morgan fingerprint density at radius 1 is 1.00 bits per heavy atom. The number of anilines is 1. The van der Waals surface area contributed by atoms with E-state index >= 15 is 0 Å². The number of morpholine rings is 1. The first-order valence-electron chi connectivity index (χ1n) is 10.3. The van der Waals surface area contributed by atoms with Crippen molar-refractivity contribution in [3.8, 4) is 17.2 Å². The van der Waals surface area contributed by atoms with Crippen molar-refractivity contribution in [1.82, 2.24) is 9.80 Å². The molecule has 3 rings (SSSR count). The van der Waals surface area contributed by atoms with Crippen LogP contribution in [-0.2, 0) is 11.3 Å². The molecule has 0 amide bonds. The molecule has 0 aliphatic carbocycles. The summed E-state index contributed by atoms with van der Waals surface area (Å²) in [4.78, 5) is 4.58. The molecule has 168 valence electrons. The van der Waals surface area contributed by atoms with E-state index in [0.717, 1.165) is 62.1 Å². The quantitative estimate of drug-likeness (QED) is 0.591. The molecule has 0 bridgehead atoms. The number of benzene rings is 2. The molecule has 1 heterocycles. The van der Waals surface area contributed by atoms with Gasteiger partial charge in [0.2, 0.25) is 0 Å². The van der Waals surface area contributed by atoms with Crippen LogP contribution in [0.2, 0.25) is 0 Å². The van der Waals surface area contributed by atoms with Gasteiger partial charge in [0.05, 0.1) is 40.2 Å². The zero-order valence-corrected chi connectivity index (χ0v) is 19.2. The van der Waals surface area contributed by atoms with Crippen LogP contribution < -0.4 is 19.5 Å². The third kappa shape index (κ3) is 6.72. The lowest BCUT2D eigenvalue weighted by Crippen LogP contribution is -2.44. The maximum Gasteiger partial charge on any atom is 0.173 e. The van der Waals surface area contributed by atoms with Crippen LogP contribution >= 0.6 is 12.2 Å². The second-order valence-electron chi connectivity index (χ2n) is 7.22. The van der Waals surface area contributed by atoms with Gasteiger partial charge in [0, 0.05) is 38.8 Å². The highest BCUT2D eigenvalue weighted by Crippen LogP contribution is 2.29. The zero-order chi connectivity index (χ0) is 22.1. The lowest BCUT2D eigenvalue weighted by Gasteiger charge is -2.31. The summed E-state index contributed by atoms with van der Waals surface area (Å²) in [5, 5.41) is 4.00. The Bertz CT molecular complexity index is 841. The lowest BCUT2D eigenvalue weighted by atomic mass is 10.2. The maximum absolute atomic E-state index is 5.80. The summed E-state index contributed by atoms with van der Waals surface area (Å²) >= 11 is 5.80. The Balaban J connectivity index is 1.72. The predicted octanol–water partition coefficient (Wildman–Crippen LogP) is 3.24. The van der Waals surface area contributed by atoms with Crippen molar-refractivity contribution in [2.75, 3.05) is 66.0 Å². The van der Waals surface area contributed by atoms with Crippen molar-refractivity contribution in [2.24, 2.45) is 0 Å². The average Bonchev–Trinajstić information content (AvgIpc) is 2.82. The lowest BCUT2D eigenvalue weighted by molar-refractivity contribution is 0.0358. The van der Waals surface area contributed by atoms with Gasteiger partial charge in [0.15, 0.2) is 5.11 Å². The number of ether oxygens (including phenoxy) is 4. The van der Waals surface area contributed by atoms with Crippen LogP contribution in [0, 0.1) is 0 Å². The van der Waals surface area contributed by atoms with Crippen molar-refractivity contribution < 1.29 is 18.9 Å². The van der Waals surface area contributed by atoms with Crippen LogP contribution in [0.3, 0.4) is 0 Å². The third-order valence-electron chi connectivity index (χ3n) is 5.26. The topological polar surface area (TPSA) is 55.4 Å². The largest absolute Gasteiger partial charge is 0.497 e. The fourth-order valence-electron chi connectivity index (χ4n) is 3.39. The van der Waals surface area contributed by atoms with Gasteiger partial charge in [0.25, 0.3) is 0 Å². The van der Waals surface area contributed by atoms with Gasteiger partial charge >= 0.3 is 0 Å². The summed E-state index contributed by atoms with van der Waals surface area (Å²) in [6.07, 6.45) is 0. The third-order valence-corrected chi connectivity index (χ3v) is 5.62. The van der Waals surface area contributed by atoms with Crippen LogP contribution in [-0.4, -0.2) is 75.6 Å². The molecule has 0 radical (unpaired) electrons. The summed E-state index contributed by atoms with van der Waals surface area (Å²) in [6.45, 7) is 5.87. The molecule has 31 heavy (non-hydrogen) atoms. The normalized spacial score (nSPS) is 14.0. The molecule has 0 saturated carbocycles. The molecular weight excluding hydrogens is 414 g/mol. The first-order valence-corrected chi connectivity index (χ1v) is 10.7. The summed E-state index contributed by atoms with van der Waals surface area (Å²) in [5.41, 5.74) is 1.97. The van der Waals surface area contributed by atoms with Crippen molar-refractivity contribution in [3.63, 3.8) is 0 Å². The van der Waals surface area contributed by atoms with E-state index in [2.05, 4.69) is 27.2 Å². The van der Waals surface area contributed by atoms with Gasteiger partial charge in [-0.2, -0.15) is 0 Å². The molecule has 1 N–H and O–H groups in total. The first-order chi connectivity index (χ1) is 15.1. The molecule has 0 aromatic heterocycles. The Kier molecular flexibility index (Phi) is 8.75. The molecule has 7 nitrogen and oxygen atoms in total. The number of hydrogen-bond acceptors (Lipinski definition) is 6. The summed E-state index contributed by atoms with van der Waals surface area (Å²) < 4.78 is 21.5. The molecule has 0 spiro atoms. The molecule has 2 aromatic carbocycles. The predicted molar refractivity (Wildman–Crippen MR) is 126 cm³/mol. The Labute approximate surface area is 189 Å². The van der Waals surface area contributed by atoms with E-state index in [4.69, 9.17) is 31.2 Å². The molecule has 0 unspecified atom stereocenters. The second kappa shape index (κ2) is 11.7. The average molecular weight is 446 g/mol. The molecule has 1 saturated heterocycles. The first kappa shape index (κ1) is 23.1. The van der Waals surface area contributed by atoms with E-state index in [-0.39, 0.29) is 0 Å². The fraction of sp³-hybridized carbons (Fsp3) is 0.435. The Morgan fingerprint density at radius 3 is 2.32 bits per heavy atom. The van der Waals surface area contributed by atoms with E-state index in [1.54, 1.807) is 21.3 Å². The van der Waals surface area contributed by atoms with Gasteiger partial charge in [-0.15, -0.1) is 0 Å². The molecule has 1 fully saturated rings. The van der Waals surface area contributed by atoms with Gasteiger partial charge in [-0.1, -0.05) is 12.1 Å². The number of thiocarbonyl (C=S) groups is 1. The van der Waals surface area contributed by atoms with Crippen LogP contribution in [0.5, 0.6) is 17.2 Å². The van der Waals surface area contributed by atoms with Crippen molar-refractivity contribution in [1.29, 1.82) is 0 Å². The number of nitrogens with zero attached hydrogens (tertiary/aromatic N) is 2. The standard InChI is InChI=1S/C23H31N3O4S/c1-27-19-6-4-18(5-7-19)17-26(11-10-25-12-14-30-15-13-25)23(31)24-21-9-8-20(28-2)16-22(21)29-3/h4-9,16H,10-15,17H2,1-3H3,(H,24,31). The highest BCUT2D eigenvalue weighted by molar-refractivity contribution is 7.80. The molecular formula is C23H31N3O4S.